The fraction of sp³-hybridized carbons (Fsp3) is 0.533. The summed E-state index contributed by atoms with van der Waals surface area (Å²) < 4.78 is 10.3. The second-order valence-corrected chi connectivity index (χ2v) is 12.5. The Morgan fingerprint density at radius 1 is 1.05 bits per heavy atom. The Hall–Kier alpha value is -4.31. The van der Waals surface area contributed by atoms with Crippen LogP contribution in [-0.4, -0.2) is 72.2 Å². The van der Waals surface area contributed by atoms with Crippen molar-refractivity contribution in [1.29, 1.82) is 0 Å². The number of carbonyl (C=O) groups is 4. The number of benzene rings is 2. The molecule has 3 rings (SSSR count). The van der Waals surface area contributed by atoms with Gasteiger partial charge in [0.25, 0.3) is 0 Å². The summed E-state index contributed by atoms with van der Waals surface area (Å²) in [5, 5.41) is 11.2. The third kappa shape index (κ3) is 8.13. The van der Waals surface area contributed by atoms with E-state index in [1.165, 1.54) is 12.0 Å². The number of likely N-dealkylation sites (tertiary alicyclic amines) is 1. The third-order valence-corrected chi connectivity index (χ3v) is 6.95. The minimum absolute atomic E-state index is 0.108. The summed E-state index contributed by atoms with van der Waals surface area (Å²) in [5.41, 5.74) is 8.44. The van der Waals surface area contributed by atoms with Crippen molar-refractivity contribution in [3.05, 3.63) is 58.5 Å². The summed E-state index contributed by atoms with van der Waals surface area (Å²) in [6, 6.07) is 9.31. The number of esters is 1. The van der Waals surface area contributed by atoms with Crippen LogP contribution in [0.5, 0.6) is 0 Å². The lowest BCUT2D eigenvalue weighted by molar-refractivity contribution is -0.147. The van der Waals surface area contributed by atoms with Crippen LogP contribution < -0.4 is 10.6 Å². The van der Waals surface area contributed by atoms with Crippen LogP contribution in [0.15, 0.2) is 47.6 Å². The van der Waals surface area contributed by atoms with Gasteiger partial charge in [0.2, 0.25) is 11.8 Å². The second-order valence-electron chi connectivity index (χ2n) is 12.5. The standard InChI is InChI=1S/C30H40N6O6/c1-29(2,3)24(33-28(40)42-30(4,5)6)26(38)36-15-14-21(34-35-31)23(36)25(37)32-22(27(39)41-7)17-18-12-13-19-10-8-9-11-20(19)16-18/h8-13,16,21-24H,14-15,17H2,1-7H3,(H,32,37)(H,33,40)/t21-,22+,23+,24-/m1/s1. The summed E-state index contributed by atoms with van der Waals surface area (Å²) in [5.74, 6) is -1.86. The average Bonchev–Trinajstić information content (AvgIpc) is 3.33. The Morgan fingerprint density at radius 3 is 2.31 bits per heavy atom. The number of carbonyl (C=O) groups excluding carboxylic acids is 4. The van der Waals surface area contributed by atoms with E-state index in [9.17, 15) is 24.7 Å². The second kappa shape index (κ2) is 13.1. The van der Waals surface area contributed by atoms with Crippen molar-refractivity contribution in [2.75, 3.05) is 13.7 Å². The summed E-state index contributed by atoms with van der Waals surface area (Å²) in [6.45, 7) is 10.6. The minimum atomic E-state index is -1.21. The predicted octanol–water partition coefficient (Wildman–Crippen LogP) is 4.26. The number of hydrogen-bond donors (Lipinski definition) is 2. The van der Waals surface area contributed by atoms with Gasteiger partial charge in [0.1, 0.15) is 23.7 Å². The lowest BCUT2D eigenvalue weighted by Gasteiger charge is -2.36. The van der Waals surface area contributed by atoms with Gasteiger partial charge in [-0.25, -0.2) is 9.59 Å². The molecule has 2 aromatic rings. The minimum Gasteiger partial charge on any atom is -0.467 e. The van der Waals surface area contributed by atoms with Gasteiger partial charge < -0.3 is 25.0 Å². The Labute approximate surface area is 245 Å². The van der Waals surface area contributed by atoms with Crippen molar-refractivity contribution in [3.63, 3.8) is 0 Å². The molecule has 42 heavy (non-hydrogen) atoms. The number of methoxy groups -OCH3 is 1. The number of amides is 3. The highest BCUT2D eigenvalue weighted by Crippen LogP contribution is 2.28. The maximum Gasteiger partial charge on any atom is 0.408 e. The number of hydrogen-bond acceptors (Lipinski definition) is 7. The molecule has 1 fully saturated rings. The van der Waals surface area contributed by atoms with E-state index in [0.29, 0.717) is 0 Å². The van der Waals surface area contributed by atoms with Gasteiger partial charge in [0, 0.05) is 17.9 Å². The van der Waals surface area contributed by atoms with Crippen LogP contribution in [0.2, 0.25) is 0 Å². The van der Waals surface area contributed by atoms with Gasteiger partial charge in [-0.15, -0.1) is 0 Å². The van der Waals surface area contributed by atoms with E-state index >= 15 is 0 Å². The highest BCUT2D eigenvalue weighted by Gasteiger charge is 2.47. The SMILES string of the molecule is COC(=O)[C@H](Cc1ccc2ccccc2c1)NC(=O)[C@@H]1[C@H](N=[N+]=[N-])CCN1C(=O)[C@@H](NC(=O)OC(C)(C)C)C(C)(C)C. The summed E-state index contributed by atoms with van der Waals surface area (Å²) in [7, 11) is 1.23. The van der Waals surface area contributed by atoms with E-state index in [2.05, 4.69) is 20.7 Å². The first-order valence-corrected chi connectivity index (χ1v) is 13.8. The van der Waals surface area contributed by atoms with Crippen LogP contribution in [0.25, 0.3) is 21.2 Å². The molecule has 3 amide bonds. The van der Waals surface area contributed by atoms with E-state index in [0.717, 1.165) is 16.3 Å². The van der Waals surface area contributed by atoms with Crippen LogP contribution in [0.4, 0.5) is 4.79 Å². The lowest BCUT2D eigenvalue weighted by Crippen LogP contribution is -2.60. The van der Waals surface area contributed by atoms with Gasteiger partial charge >= 0.3 is 12.1 Å². The maximum atomic E-state index is 13.9. The van der Waals surface area contributed by atoms with E-state index in [4.69, 9.17) is 9.47 Å². The van der Waals surface area contributed by atoms with Gasteiger partial charge in [-0.3, -0.25) is 9.59 Å². The maximum absolute atomic E-state index is 13.9. The van der Waals surface area contributed by atoms with Crippen LogP contribution in [0.1, 0.15) is 53.5 Å². The van der Waals surface area contributed by atoms with Crippen molar-refractivity contribution in [2.45, 2.75) is 84.2 Å². The highest BCUT2D eigenvalue weighted by molar-refractivity contribution is 5.94. The van der Waals surface area contributed by atoms with Crippen molar-refractivity contribution in [3.8, 4) is 0 Å². The van der Waals surface area contributed by atoms with Gasteiger partial charge in [0.15, 0.2) is 0 Å². The molecule has 2 N–H and O–H groups in total. The normalized spacial score (nSPS) is 18.4. The zero-order chi connectivity index (χ0) is 31.2. The Balaban J connectivity index is 1.88. The summed E-state index contributed by atoms with van der Waals surface area (Å²) in [4.78, 5) is 57.2. The van der Waals surface area contributed by atoms with Gasteiger partial charge in [-0.05, 0) is 54.5 Å². The number of rotatable bonds is 8. The number of alkyl carbamates (subject to hydrolysis) is 1. The smallest absolute Gasteiger partial charge is 0.408 e. The fourth-order valence-corrected chi connectivity index (χ4v) is 4.96. The molecule has 1 saturated heterocycles. The Morgan fingerprint density at radius 2 is 1.71 bits per heavy atom. The molecule has 4 atom stereocenters. The van der Waals surface area contributed by atoms with Crippen molar-refractivity contribution >= 4 is 34.6 Å². The zero-order valence-corrected chi connectivity index (χ0v) is 25.2. The summed E-state index contributed by atoms with van der Waals surface area (Å²) in [6.07, 6.45) is -0.408. The van der Waals surface area contributed by atoms with Crippen LogP contribution in [-0.2, 0) is 30.3 Å². The van der Waals surface area contributed by atoms with E-state index in [1.54, 1.807) is 41.5 Å². The Kier molecular flexibility index (Phi) is 10.1. The molecule has 0 radical (unpaired) electrons. The molecule has 1 aliphatic rings. The number of azide groups is 1. The van der Waals surface area contributed by atoms with E-state index in [-0.39, 0.29) is 19.4 Å². The van der Waals surface area contributed by atoms with Crippen LogP contribution in [0, 0.1) is 5.41 Å². The topological polar surface area (TPSA) is 163 Å². The number of ether oxygens (including phenoxy) is 2. The quantitative estimate of drug-likeness (QED) is 0.205. The molecule has 0 spiro atoms. The molecule has 0 unspecified atom stereocenters. The van der Waals surface area contributed by atoms with Gasteiger partial charge in [0.05, 0.1) is 13.2 Å². The van der Waals surface area contributed by atoms with Crippen LogP contribution in [0.3, 0.4) is 0 Å². The molecule has 12 heteroatoms. The first-order valence-electron chi connectivity index (χ1n) is 13.8. The highest BCUT2D eigenvalue weighted by atomic mass is 16.6. The average molecular weight is 581 g/mol. The lowest BCUT2D eigenvalue weighted by atomic mass is 9.85. The number of nitrogens with zero attached hydrogens (tertiary/aromatic N) is 4. The van der Waals surface area contributed by atoms with Crippen molar-refractivity contribution in [1.82, 2.24) is 15.5 Å². The summed E-state index contributed by atoms with van der Waals surface area (Å²) >= 11 is 0. The van der Waals surface area contributed by atoms with Crippen molar-refractivity contribution in [2.24, 2.45) is 10.5 Å². The largest absolute Gasteiger partial charge is 0.467 e. The number of fused-ring (bicyclic) bond motifs is 1. The third-order valence-electron chi connectivity index (χ3n) is 6.95. The molecule has 0 aliphatic carbocycles. The van der Waals surface area contributed by atoms with Gasteiger partial charge in [-0.2, -0.15) is 0 Å². The molecular weight excluding hydrogens is 540 g/mol. The Bertz CT molecular complexity index is 1370. The first kappa shape index (κ1) is 32.2. The van der Waals surface area contributed by atoms with Crippen molar-refractivity contribution < 1.29 is 28.7 Å². The monoisotopic (exact) mass is 580 g/mol. The number of nitrogens with one attached hydrogen (secondary N) is 2. The molecule has 0 saturated carbocycles. The molecule has 2 aromatic carbocycles. The molecule has 0 bridgehead atoms. The molecule has 1 heterocycles. The molecule has 0 aromatic heterocycles. The van der Waals surface area contributed by atoms with Gasteiger partial charge in [-0.1, -0.05) is 68.4 Å². The van der Waals surface area contributed by atoms with E-state index in [1.807, 2.05) is 42.5 Å². The predicted molar refractivity (Wildman–Crippen MR) is 157 cm³/mol. The van der Waals surface area contributed by atoms with Crippen LogP contribution >= 0.6 is 0 Å². The van der Waals surface area contributed by atoms with E-state index < -0.39 is 59.1 Å². The molecule has 1 aliphatic heterocycles. The zero-order valence-electron chi connectivity index (χ0n) is 25.2. The molecule has 12 nitrogen and oxygen atoms in total. The fourth-order valence-electron chi connectivity index (χ4n) is 4.96. The molecular formula is C30H40N6O6. The first-order chi connectivity index (χ1) is 19.6. The molecule has 226 valence electrons.